The maximum absolute atomic E-state index is 12.8. The van der Waals surface area contributed by atoms with E-state index in [-0.39, 0.29) is 30.2 Å². The number of halogens is 2. The van der Waals surface area contributed by atoms with E-state index in [9.17, 15) is 9.59 Å². The van der Waals surface area contributed by atoms with Gasteiger partial charge in [-0.2, -0.15) is 0 Å². The lowest BCUT2D eigenvalue weighted by Crippen LogP contribution is -2.45. The molecular formula is C20H20Cl2N2O2. The fraction of sp³-hybridized carbons (Fsp3) is 0.300. The lowest BCUT2D eigenvalue weighted by Gasteiger charge is -2.28. The number of carbonyl (C=O) groups is 2. The number of hydrogen-bond acceptors (Lipinski definition) is 2. The zero-order valence-corrected chi connectivity index (χ0v) is 15.9. The van der Waals surface area contributed by atoms with E-state index in [1.807, 2.05) is 25.1 Å². The van der Waals surface area contributed by atoms with Crippen molar-refractivity contribution in [3.8, 4) is 11.1 Å². The fourth-order valence-corrected chi connectivity index (χ4v) is 3.58. The molecule has 0 aliphatic carbocycles. The normalized spacial score (nSPS) is 19.7. The number of hydrogen-bond donors (Lipinski definition) is 2. The van der Waals surface area contributed by atoms with E-state index in [1.54, 1.807) is 24.3 Å². The summed E-state index contributed by atoms with van der Waals surface area (Å²) in [6.45, 7) is 2.00. The van der Waals surface area contributed by atoms with Gasteiger partial charge in [0.15, 0.2) is 0 Å². The number of amides is 2. The van der Waals surface area contributed by atoms with Gasteiger partial charge in [0.05, 0.1) is 0 Å². The minimum absolute atomic E-state index is 0.0459. The van der Waals surface area contributed by atoms with Gasteiger partial charge in [0.1, 0.15) is 0 Å². The van der Waals surface area contributed by atoms with Crippen LogP contribution in [0, 0.1) is 5.92 Å². The Balaban J connectivity index is 1.86. The summed E-state index contributed by atoms with van der Waals surface area (Å²) in [5, 5.41) is 7.06. The third-order valence-electron chi connectivity index (χ3n) is 4.60. The molecule has 26 heavy (non-hydrogen) atoms. The highest BCUT2D eigenvalue weighted by molar-refractivity contribution is 6.31. The van der Waals surface area contributed by atoms with E-state index in [0.29, 0.717) is 22.2 Å². The van der Waals surface area contributed by atoms with Crippen molar-refractivity contribution in [3.05, 3.63) is 52.5 Å². The van der Waals surface area contributed by atoms with Crippen molar-refractivity contribution in [3.63, 3.8) is 0 Å². The van der Waals surface area contributed by atoms with Gasteiger partial charge in [0.2, 0.25) is 11.8 Å². The van der Waals surface area contributed by atoms with Gasteiger partial charge in [-0.3, -0.25) is 9.59 Å². The Morgan fingerprint density at radius 1 is 1.19 bits per heavy atom. The van der Waals surface area contributed by atoms with Gasteiger partial charge in [-0.1, -0.05) is 42.3 Å². The van der Waals surface area contributed by atoms with Crippen LogP contribution < -0.4 is 10.6 Å². The zero-order valence-electron chi connectivity index (χ0n) is 14.4. The van der Waals surface area contributed by atoms with Crippen LogP contribution in [0.5, 0.6) is 0 Å². The third kappa shape index (κ3) is 4.37. The number of nitrogens with one attached hydrogen (secondary N) is 2. The molecule has 1 aliphatic rings. The van der Waals surface area contributed by atoms with Crippen LogP contribution in [0.15, 0.2) is 42.5 Å². The SMILES string of the molecule is CC[C@@H]1C[C@H](C(=O)Nc2ccc(Cl)cc2-c2cccc(Cl)c2)CC(=O)N1. The number of benzene rings is 2. The largest absolute Gasteiger partial charge is 0.353 e. The predicted octanol–water partition coefficient (Wildman–Crippen LogP) is 4.90. The number of piperidine rings is 1. The van der Waals surface area contributed by atoms with Crippen LogP contribution in [0.25, 0.3) is 11.1 Å². The van der Waals surface area contributed by atoms with Crippen molar-refractivity contribution >= 4 is 40.7 Å². The molecule has 0 radical (unpaired) electrons. The second-order valence-corrected chi connectivity index (χ2v) is 7.37. The first-order chi connectivity index (χ1) is 12.5. The molecule has 0 saturated carbocycles. The van der Waals surface area contributed by atoms with Crippen molar-refractivity contribution in [2.45, 2.75) is 32.2 Å². The summed E-state index contributed by atoms with van der Waals surface area (Å²) in [5.41, 5.74) is 2.31. The van der Waals surface area contributed by atoms with Crippen molar-refractivity contribution in [2.24, 2.45) is 5.92 Å². The third-order valence-corrected chi connectivity index (χ3v) is 5.07. The van der Waals surface area contributed by atoms with E-state index in [0.717, 1.165) is 17.5 Å². The van der Waals surface area contributed by atoms with Crippen LogP contribution >= 0.6 is 23.2 Å². The predicted molar refractivity (Wildman–Crippen MR) is 105 cm³/mol. The van der Waals surface area contributed by atoms with E-state index in [2.05, 4.69) is 10.6 Å². The lowest BCUT2D eigenvalue weighted by atomic mass is 9.90. The summed E-state index contributed by atoms with van der Waals surface area (Å²) in [4.78, 5) is 24.6. The highest BCUT2D eigenvalue weighted by Crippen LogP contribution is 2.33. The first-order valence-electron chi connectivity index (χ1n) is 8.62. The van der Waals surface area contributed by atoms with Crippen LogP contribution in [0.4, 0.5) is 5.69 Å². The molecule has 0 unspecified atom stereocenters. The summed E-state index contributed by atoms with van der Waals surface area (Å²) >= 11 is 12.2. The first kappa shape index (κ1) is 18.7. The summed E-state index contributed by atoms with van der Waals surface area (Å²) in [6.07, 6.45) is 1.67. The molecule has 6 heteroatoms. The van der Waals surface area contributed by atoms with Crippen LogP contribution in [0.2, 0.25) is 10.0 Å². The molecule has 136 valence electrons. The van der Waals surface area contributed by atoms with E-state index >= 15 is 0 Å². The molecule has 1 saturated heterocycles. The lowest BCUT2D eigenvalue weighted by molar-refractivity contribution is -0.130. The Morgan fingerprint density at radius 2 is 1.96 bits per heavy atom. The molecule has 2 amide bonds. The van der Waals surface area contributed by atoms with Gasteiger partial charge >= 0.3 is 0 Å². The van der Waals surface area contributed by atoms with Crippen LogP contribution in [0.1, 0.15) is 26.2 Å². The van der Waals surface area contributed by atoms with Crippen molar-refractivity contribution in [2.75, 3.05) is 5.32 Å². The number of rotatable bonds is 4. The van der Waals surface area contributed by atoms with E-state index in [1.165, 1.54) is 0 Å². The topological polar surface area (TPSA) is 58.2 Å². The molecule has 4 nitrogen and oxygen atoms in total. The van der Waals surface area contributed by atoms with Crippen LogP contribution in [-0.2, 0) is 9.59 Å². The minimum Gasteiger partial charge on any atom is -0.353 e. The maximum atomic E-state index is 12.8. The molecule has 1 aliphatic heterocycles. The Kier molecular flexibility index (Phi) is 5.84. The van der Waals surface area contributed by atoms with E-state index in [4.69, 9.17) is 23.2 Å². The van der Waals surface area contributed by atoms with Gasteiger partial charge in [-0.05, 0) is 48.7 Å². The Morgan fingerprint density at radius 3 is 2.69 bits per heavy atom. The molecule has 1 heterocycles. The molecular weight excluding hydrogens is 371 g/mol. The maximum Gasteiger partial charge on any atom is 0.228 e. The van der Waals surface area contributed by atoms with Crippen LogP contribution in [0.3, 0.4) is 0 Å². The summed E-state index contributed by atoms with van der Waals surface area (Å²) in [6, 6.07) is 12.7. The summed E-state index contributed by atoms with van der Waals surface area (Å²) in [7, 11) is 0. The molecule has 3 rings (SSSR count). The van der Waals surface area contributed by atoms with Gasteiger partial charge < -0.3 is 10.6 Å². The Hall–Kier alpha value is -2.04. The Labute approximate surface area is 162 Å². The van der Waals surface area contributed by atoms with Gasteiger partial charge in [0, 0.05) is 39.7 Å². The molecule has 2 atom stereocenters. The number of carbonyl (C=O) groups excluding carboxylic acids is 2. The van der Waals surface area contributed by atoms with Gasteiger partial charge in [0.25, 0.3) is 0 Å². The van der Waals surface area contributed by atoms with E-state index < -0.39 is 0 Å². The number of anilines is 1. The van der Waals surface area contributed by atoms with Crippen molar-refractivity contribution in [1.82, 2.24) is 5.32 Å². The summed E-state index contributed by atoms with van der Waals surface area (Å²) < 4.78 is 0. The highest BCUT2D eigenvalue weighted by atomic mass is 35.5. The smallest absolute Gasteiger partial charge is 0.228 e. The second-order valence-electron chi connectivity index (χ2n) is 6.50. The highest BCUT2D eigenvalue weighted by Gasteiger charge is 2.30. The Bertz CT molecular complexity index is 838. The van der Waals surface area contributed by atoms with Crippen molar-refractivity contribution in [1.29, 1.82) is 0 Å². The van der Waals surface area contributed by atoms with Crippen molar-refractivity contribution < 1.29 is 9.59 Å². The quantitative estimate of drug-likeness (QED) is 0.779. The molecule has 2 aromatic rings. The molecule has 2 N–H and O–H groups in total. The average Bonchev–Trinajstić information content (AvgIpc) is 2.62. The molecule has 1 fully saturated rings. The molecule has 0 aromatic heterocycles. The first-order valence-corrected chi connectivity index (χ1v) is 9.37. The van der Waals surface area contributed by atoms with Crippen LogP contribution in [-0.4, -0.2) is 17.9 Å². The van der Waals surface area contributed by atoms with Gasteiger partial charge in [-0.25, -0.2) is 0 Å². The molecule has 0 bridgehead atoms. The monoisotopic (exact) mass is 390 g/mol. The second kappa shape index (κ2) is 8.11. The standard InChI is InChI=1S/C20H20Cl2N2O2/c1-2-16-9-13(10-19(25)23-16)20(26)24-18-7-6-15(22)11-17(18)12-4-3-5-14(21)8-12/h3-8,11,13,16H,2,9-10H2,1H3,(H,23,25)(H,24,26)/t13-,16+/m0/s1. The fourth-order valence-electron chi connectivity index (χ4n) is 3.22. The van der Waals surface area contributed by atoms with Gasteiger partial charge in [-0.15, -0.1) is 0 Å². The average molecular weight is 391 g/mol. The minimum atomic E-state index is -0.336. The summed E-state index contributed by atoms with van der Waals surface area (Å²) in [5.74, 6) is -0.560. The molecule has 0 spiro atoms. The zero-order chi connectivity index (χ0) is 18.7. The molecule has 2 aromatic carbocycles.